The fraction of sp³-hybridized carbons (Fsp3) is 0.381. The summed E-state index contributed by atoms with van der Waals surface area (Å²) >= 11 is 0. The molecule has 31 heavy (non-hydrogen) atoms. The summed E-state index contributed by atoms with van der Waals surface area (Å²) in [6, 6.07) is 4.61. The van der Waals surface area contributed by atoms with Gasteiger partial charge in [0.2, 0.25) is 5.88 Å². The van der Waals surface area contributed by atoms with Crippen molar-refractivity contribution in [2.24, 2.45) is 7.05 Å². The van der Waals surface area contributed by atoms with E-state index in [9.17, 15) is 18.0 Å². The van der Waals surface area contributed by atoms with Crippen molar-refractivity contribution in [3.8, 4) is 17.3 Å². The average molecular weight is 433 g/mol. The van der Waals surface area contributed by atoms with Gasteiger partial charge in [0.05, 0.1) is 35.2 Å². The van der Waals surface area contributed by atoms with Crippen LogP contribution in [-0.2, 0) is 32.7 Å². The molecule has 3 heterocycles. The van der Waals surface area contributed by atoms with Gasteiger partial charge in [-0.3, -0.25) is 9.69 Å². The number of nitrogens with zero attached hydrogens (tertiary/aromatic N) is 4. The zero-order chi connectivity index (χ0) is 22.3. The lowest BCUT2D eigenvalue weighted by Gasteiger charge is -2.27. The molecule has 2 aromatic heterocycles. The molecule has 3 aromatic rings. The molecule has 1 aliphatic rings. The minimum atomic E-state index is -4.41. The molecule has 4 rings (SSSR count). The zero-order valence-electron chi connectivity index (χ0n) is 17.4. The first-order valence-corrected chi connectivity index (χ1v) is 9.76. The molecule has 0 fully saturated rings. The summed E-state index contributed by atoms with van der Waals surface area (Å²) < 4.78 is 45.5. The van der Waals surface area contributed by atoms with E-state index in [1.54, 1.807) is 11.8 Å². The minimum Gasteiger partial charge on any atom is -0.481 e. The van der Waals surface area contributed by atoms with Gasteiger partial charge in [0.15, 0.2) is 0 Å². The molecule has 0 atom stereocenters. The number of benzene rings is 1. The summed E-state index contributed by atoms with van der Waals surface area (Å²) in [7, 11) is 3.42. The summed E-state index contributed by atoms with van der Waals surface area (Å²) in [5.41, 5.74) is 2.50. The Labute approximate surface area is 176 Å². The lowest BCUT2D eigenvalue weighted by molar-refractivity contribution is -0.137. The van der Waals surface area contributed by atoms with E-state index < -0.39 is 11.7 Å². The molecule has 0 aliphatic carbocycles. The maximum Gasteiger partial charge on any atom is 0.416 e. The predicted octanol–water partition coefficient (Wildman–Crippen LogP) is 3.06. The van der Waals surface area contributed by atoms with Crippen LogP contribution in [0.15, 0.2) is 29.1 Å². The molecule has 10 heteroatoms. The van der Waals surface area contributed by atoms with E-state index in [1.807, 2.05) is 14.0 Å². The number of aromatic amines is 1. The number of hydrogen-bond acceptors (Lipinski definition) is 5. The highest BCUT2D eigenvalue weighted by Gasteiger charge is 2.30. The second-order valence-corrected chi connectivity index (χ2v) is 7.57. The van der Waals surface area contributed by atoms with Gasteiger partial charge in [0.25, 0.3) is 5.56 Å². The van der Waals surface area contributed by atoms with Gasteiger partial charge in [0.1, 0.15) is 5.82 Å². The second-order valence-electron chi connectivity index (χ2n) is 7.57. The molecular weight excluding hydrogens is 411 g/mol. The monoisotopic (exact) mass is 433 g/mol. The van der Waals surface area contributed by atoms with Crippen LogP contribution in [0.2, 0.25) is 0 Å². The Kier molecular flexibility index (Phi) is 5.34. The van der Waals surface area contributed by atoms with Gasteiger partial charge in [-0.15, -0.1) is 0 Å². The first-order chi connectivity index (χ1) is 14.7. The van der Waals surface area contributed by atoms with E-state index in [2.05, 4.69) is 20.0 Å². The van der Waals surface area contributed by atoms with Crippen LogP contribution >= 0.6 is 0 Å². The van der Waals surface area contributed by atoms with Crippen molar-refractivity contribution in [1.82, 2.24) is 24.6 Å². The number of H-pyrrole nitrogens is 1. The molecule has 0 amide bonds. The van der Waals surface area contributed by atoms with E-state index in [-0.39, 0.29) is 11.4 Å². The second kappa shape index (κ2) is 7.84. The molecule has 164 valence electrons. The highest BCUT2D eigenvalue weighted by Crippen LogP contribution is 2.30. The standard InChI is InChI=1S/C21H22F3N5O2/c1-12-15(20(31-3)28(2)27-12)10-29-9-8-17-16(11-29)19(30)26-18(25-17)13-4-6-14(7-5-13)21(22,23)24/h4-7H,8-11H2,1-3H3,(H,25,26,30). The first kappa shape index (κ1) is 21.1. The summed E-state index contributed by atoms with van der Waals surface area (Å²) in [6.45, 7) is 3.61. The predicted molar refractivity (Wildman–Crippen MR) is 108 cm³/mol. The van der Waals surface area contributed by atoms with E-state index >= 15 is 0 Å². The van der Waals surface area contributed by atoms with Crippen LogP contribution in [0.4, 0.5) is 13.2 Å². The van der Waals surface area contributed by atoms with Crippen LogP contribution in [0.3, 0.4) is 0 Å². The molecule has 0 saturated carbocycles. The van der Waals surface area contributed by atoms with Gasteiger partial charge < -0.3 is 9.72 Å². The molecule has 7 nitrogen and oxygen atoms in total. The number of fused-ring (bicyclic) bond motifs is 1. The third kappa shape index (κ3) is 4.07. The van der Waals surface area contributed by atoms with Crippen molar-refractivity contribution in [2.45, 2.75) is 32.6 Å². The van der Waals surface area contributed by atoms with Crippen LogP contribution < -0.4 is 10.3 Å². The highest BCUT2D eigenvalue weighted by molar-refractivity contribution is 5.56. The minimum absolute atomic E-state index is 0.274. The SMILES string of the molecule is COc1c(CN2CCc3nc(-c4ccc(C(F)(F)F)cc4)[nH]c(=O)c3C2)c(C)nn1C. The summed E-state index contributed by atoms with van der Waals surface area (Å²) in [5, 5.41) is 4.39. The lowest BCUT2D eigenvalue weighted by Crippen LogP contribution is -2.35. The van der Waals surface area contributed by atoms with Crippen LogP contribution in [0.1, 0.15) is 28.1 Å². The van der Waals surface area contributed by atoms with Crippen molar-refractivity contribution >= 4 is 0 Å². The number of halogens is 3. The number of alkyl halides is 3. The normalized spacial score (nSPS) is 14.5. The maximum atomic E-state index is 12.8. The van der Waals surface area contributed by atoms with Gasteiger partial charge in [-0.1, -0.05) is 12.1 Å². The Bertz CT molecular complexity index is 1170. The van der Waals surface area contributed by atoms with Crippen molar-refractivity contribution in [3.63, 3.8) is 0 Å². The molecule has 0 bridgehead atoms. The third-order valence-electron chi connectivity index (χ3n) is 5.50. The molecule has 1 aromatic carbocycles. The number of aromatic nitrogens is 4. The fourth-order valence-corrected chi connectivity index (χ4v) is 3.91. The first-order valence-electron chi connectivity index (χ1n) is 9.76. The quantitative estimate of drug-likeness (QED) is 0.685. The van der Waals surface area contributed by atoms with Gasteiger partial charge >= 0.3 is 6.18 Å². The topological polar surface area (TPSA) is 76.0 Å². The Balaban J connectivity index is 1.57. The number of hydrogen-bond donors (Lipinski definition) is 1. The number of rotatable bonds is 4. The largest absolute Gasteiger partial charge is 0.481 e. The highest BCUT2D eigenvalue weighted by atomic mass is 19.4. The molecule has 0 unspecified atom stereocenters. The molecule has 0 radical (unpaired) electrons. The lowest BCUT2D eigenvalue weighted by atomic mass is 10.0. The van der Waals surface area contributed by atoms with E-state index in [4.69, 9.17) is 4.74 Å². The van der Waals surface area contributed by atoms with E-state index in [0.717, 1.165) is 23.4 Å². The number of methoxy groups -OCH3 is 1. The average Bonchev–Trinajstić information content (AvgIpc) is 3.00. The molecule has 0 spiro atoms. The summed E-state index contributed by atoms with van der Waals surface area (Å²) in [4.78, 5) is 22.1. The van der Waals surface area contributed by atoms with E-state index in [1.165, 1.54) is 12.1 Å². The van der Waals surface area contributed by atoms with Crippen LogP contribution in [0, 0.1) is 6.92 Å². The van der Waals surface area contributed by atoms with Crippen molar-refractivity contribution < 1.29 is 17.9 Å². The van der Waals surface area contributed by atoms with Crippen LogP contribution in [0.5, 0.6) is 5.88 Å². The molecule has 1 aliphatic heterocycles. The number of aryl methyl sites for hydroxylation is 2. The Morgan fingerprint density at radius 3 is 2.58 bits per heavy atom. The van der Waals surface area contributed by atoms with Gasteiger partial charge in [-0.2, -0.15) is 18.3 Å². The van der Waals surface area contributed by atoms with Crippen molar-refractivity contribution in [3.05, 3.63) is 62.7 Å². The smallest absolute Gasteiger partial charge is 0.416 e. The maximum absolute atomic E-state index is 12.8. The molecular formula is C21H22F3N5O2. The Morgan fingerprint density at radius 1 is 1.23 bits per heavy atom. The van der Waals surface area contributed by atoms with Crippen molar-refractivity contribution in [2.75, 3.05) is 13.7 Å². The Morgan fingerprint density at radius 2 is 1.94 bits per heavy atom. The van der Waals surface area contributed by atoms with Crippen LogP contribution in [-0.4, -0.2) is 38.3 Å². The third-order valence-corrected chi connectivity index (χ3v) is 5.50. The summed E-state index contributed by atoms with van der Waals surface area (Å²) in [5.74, 6) is 0.962. The molecule has 0 saturated heterocycles. The van der Waals surface area contributed by atoms with E-state index in [0.29, 0.717) is 48.8 Å². The zero-order valence-corrected chi connectivity index (χ0v) is 17.4. The van der Waals surface area contributed by atoms with Crippen molar-refractivity contribution in [1.29, 1.82) is 0 Å². The van der Waals surface area contributed by atoms with Gasteiger partial charge in [-0.25, -0.2) is 9.67 Å². The molecule has 1 N–H and O–H groups in total. The number of nitrogens with one attached hydrogen (secondary N) is 1. The Hall–Kier alpha value is -3.14. The number of ether oxygens (including phenoxy) is 1. The van der Waals surface area contributed by atoms with Crippen LogP contribution in [0.25, 0.3) is 11.4 Å². The summed E-state index contributed by atoms with van der Waals surface area (Å²) in [6.07, 6.45) is -3.84. The van der Waals surface area contributed by atoms with Gasteiger partial charge in [-0.05, 0) is 19.1 Å². The fourth-order valence-electron chi connectivity index (χ4n) is 3.91. The van der Waals surface area contributed by atoms with Gasteiger partial charge in [0, 0.05) is 38.7 Å².